The Bertz CT molecular complexity index is 84.9. The molecule has 0 nitrogen and oxygen atoms in total. The number of rotatable bonds is 0. The average Bonchev–Trinajstić information content (AvgIpc) is 1.60. The third kappa shape index (κ3) is 9.01. The van der Waals surface area contributed by atoms with Crippen LogP contribution in [0.2, 0.25) is 0 Å². The van der Waals surface area contributed by atoms with Crippen molar-refractivity contribution in [3.05, 3.63) is 0 Å². The molecule has 0 aromatic heterocycles. The Labute approximate surface area is 87.6 Å². The molecule has 11 heavy (non-hydrogen) atoms. The summed E-state index contributed by atoms with van der Waals surface area (Å²) in [5, 5.41) is 0. The molecule has 0 fully saturated rings. The average molecular weight is 323 g/mol. The van der Waals surface area contributed by atoms with Gasteiger partial charge in [-0.25, -0.2) is 0 Å². The lowest BCUT2D eigenvalue weighted by atomic mass is 10.6. The van der Waals surface area contributed by atoms with Crippen molar-refractivity contribution >= 4 is 45.8 Å². The van der Waals surface area contributed by atoms with Gasteiger partial charge < -0.3 is 0 Å². The molecule has 6 heteroatoms. The maximum Gasteiger partial charge on any atom is 0.430 e. The maximum atomic E-state index is 11.3. The largest absolute Gasteiger partial charge is 0.430 e. The molecule has 0 N–H and O–H groups in total. The fourth-order valence-corrected chi connectivity index (χ4v) is 0. The van der Waals surface area contributed by atoms with Crippen molar-refractivity contribution in [2.75, 3.05) is 0 Å². The summed E-state index contributed by atoms with van der Waals surface area (Å²) >= 11 is 10.2. The standard InChI is InChI=1S/C3H8.C2Cl2F3I/c1-3-2;3-1(4,8)2(5,6)7/h3H2,1-2H3;. The van der Waals surface area contributed by atoms with E-state index in [0.29, 0.717) is 0 Å². The third-order valence-electron chi connectivity index (χ3n) is 0.321. The van der Waals surface area contributed by atoms with Crippen LogP contribution in [0.1, 0.15) is 20.3 Å². The van der Waals surface area contributed by atoms with Gasteiger partial charge in [0, 0.05) is 0 Å². The quantitative estimate of drug-likeness (QED) is 0.454. The summed E-state index contributed by atoms with van der Waals surface area (Å²) in [6.07, 6.45) is -3.29. The molecule has 0 bridgehead atoms. The van der Waals surface area contributed by atoms with E-state index in [0.717, 1.165) is 22.6 Å². The molecule has 0 aliphatic carbocycles. The molecular weight excluding hydrogens is 315 g/mol. The second-order valence-corrected chi connectivity index (χ2v) is 5.92. The van der Waals surface area contributed by atoms with Crippen LogP contribution < -0.4 is 0 Å². The predicted molar refractivity (Wildman–Crippen MR) is 50.5 cm³/mol. The van der Waals surface area contributed by atoms with E-state index < -0.39 is 8.52 Å². The van der Waals surface area contributed by atoms with Crippen LogP contribution in [0.25, 0.3) is 0 Å². The Balaban J connectivity index is 0. The minimum absolute atomic E-state index is 0.889. The molecule has 70 valence electrons. The third-order valence-corrected chi connectivity index (χ3v) is 1.36. The molecule has 0 amide bonds. The molecule has 0 rings (SSSR count). The summed E-state index contributed by atoms with van der Waals surface area (Å²) in [5.74, 6) is 0. The van der Waals surface area contributed by atoms with Crippen LogP contribution in [-0.2, 0) is 0 Å². The van der Waals surface area contributed by atoms with Crippen molar-refractivity contribution in [2.45, 2.75) is 28.8 Å². The van der Waals surface area contributed by atoms with Crippen molar-refractivity contribution < 1.29 is 13.2 Å². The molecule has 0 atom stereocenters. The number of halogens is 6. The lowest BCUT2D eigenvalue weighted by Gasteiger charge is -2.14. The van der Waals surface area contributed by atoms with E-state index in [2.05, 4.69) is 37.0 Å². The van der Waals surface area contributed by atoms with Gasteiger partial charge in [0.1, 0.15) is 0 Å². The van der Waals surface area contributed by atoms with Gasteiger partial charge in [-0.05, 0) is 22.6 Å². The smallest absolute Gasteiger partial charge is 0.167 e. The van der Waals surface area contributed by atoms with Crippen molar-refractivity contribution in [2.24, 2.45) is 0 Å². The molecule has 0 aromatic rings. The van der Waals surface area contributed by atoms with Gasteiger partial charge in [-0.3, -0.25) is 0 Å². The molecular formula is C5H8Cl2F3I. The molecule has 0 spiro atoms. The van der Waals surface area contributed by atoms with E-state index in [-0.39, 0.29) is 0 Å². The van der Waals surface area contributed by atoms with Crippen molar-refractivity contribution in [3.8, 4) is 0 Å². The van der Waals surface area contributed by atoms with E-state index in [4.69, 9.17) is 0 Å². The first-order valence-electron chi connectivity index (χ1n) is 2.80. The maximum absolute atomic E-state index is 11.3. The first-order valence-corrected chi connectivity index (χ1v) is 4.63. The number of hydrogen-bond donors (Lipinski definition) is 0. The monoisotopic (exact) mass is 322 g/mol. The highest BCUT2D eigenvalue weighted by molar-refractivity contribution is 14.1. The van der Waals surface area contributed by atoms with Gasteiger partial charge in [0.05, 0.1) is 0 Å². The fraction of sp³-hybridized carbons (Fsp3) is 1.00. The summed E-state index contributed by atoms with van der Waals surface area (Å²) in [6, 6.07) is 0. The van der Waals surface area contributed by atoms with Gasteiger partial charge >= 0.3 is 6.18 Å². The minimum Gasteiger partial charge on any atom is -0.167 e. The van der Waals surface area contributed by atoms with Crippen LogP contribution in [0, 0.1) is 0 Å². The SMILES string of the molecule is CCC.FC(F)(F)C(Cl)(Cl)I. The molecule has 0 aromatic carbocycles. The van der Waals surface area contributed by atoms with Crippen LogP contribution in [0.3, 0.4) is 0 Å². The van der Waals surface area contributed by atoms with Gasteiger partial charge in [-0.1, -0.05) is 43.5 Å². The van der Waals surface area contributed by atoms with E-state index >= 15 is 0 Å². The zero-order valence-corrected chi connectivity index (χ0v) is 9.64. The van der Waals surface area contributed by atoms with Crippen LogP contribution in [0.4, 0.5) is 13.2 Å². The van der Waals surface area contributed by atoms with Crippen LogP contribution in [0.5, 0.6) is 0 Å². The predicted octanol–water partition coefficient (Wildman–Crippen LogP) is 4.53. The first kappa shape index (κ1) is 14.6. The highest BCUT2D eigenvalue weighted by Crippen LogP contribution is 2.44. The van der Waals surface area contributed by atoms with E-state index in [1.165, 1.54) is 6.42 Å². The summed E-state index contributed by atoms with van der Waals surface area (Å²) < 4.78 is 31.2. The van der Waals surface area contributed by atoms with Crippen molar-refractivity contribution in [1.29, 1.82) is 0 Å². The Morgan fingerprint density at radius 2 is 1.27 bits per heavy atom. The molecule has 0 radical (unpaired) electrons. The zero-order valence-electron chi connectivity index (χ0n) is 5.97. The van der Waals surface area contributed by atoms with Gasteiger partial charge in [-0.15, -0.1) is 0 Å². The summed E-state index contributed by atoms with van der Waals surface area (Å²) in [7, 11) is 0. The summed E-state index contributed by atoms with van der Waals surface area (Å²) in [4.78, 5) is 0. The highest BCUT2D eigenvalue weighted by atomic mass is 127. The van der Waals surface area contributed by atoms with Gasteiger partial charge in [0.2, 0.25) is 0 Å². The lowest BCUT2D eigenvalue weighted by molar-refractivity contribution is -0.119. The molecule has 0 aliphatic heterocycles. The Hall–Kier alpha value is 1.10. The van der Waals surface area contributed by atoms with E-state index in [1.807, 2.05) is 0 Å². The zero-order chi connectivity index (χ0) is 9.71. The van der Waals surface area contributed by atoms with Crippen LogP contribution in [0.15, 0.2) is 0 Å². The second kappa shape index (κ2) is 5.70. The summed E-state index contributed by atoms with van der Waals surface area (Å²) in [5.41, 5.74) is 0. The number of hydrogen-bond acceptors (Lipinski definition) is 0. The lowest BCUT2D eigenvalue weighted by Crippen LogP contribution is -2.26. The van der Waals surface area contributed by atoms with Crippen LogP contribution >= 0.6 is 45.8 Å². The second-order valence-electron chi connectivity index (χ2n) is 1.70. The minimum atomic E-state index is -4.54. The van der Waals surface area contributed by atoms with Gasteiger partial charge in [0.25, 0.3) is 2.34 Å². The van der Waals surface area contributed by atoms with Gasteiger partial charge in [0.15, 0.2) is 0 Å². The topological polar surface area (TPSA) is 0 Å². The van der Waals surface area contributed by atoms with Gasteiger partial charge in [-0.2, -0.15) is 13.2 Å². The van der Waals surface area contributed by atoms with E-state index in [9.17, 15) is 13.2 Å². The molecule has 0 aliphatic rings. The van der Waals surface area contributed by atoms with Crippen LogP contribution in [-0.4, -0.2) is 8.52 Å². The number of alkyl halides is 6. The first-order chi connectivity index (χ1) is 4.66. The summed E-state index contributed by atoms with van der Waals surface area (Å²) in [6.45, 7) is 4.25. The fourth-order valence-electron chi connectivity index (χ4n) is 0. The Kier molecular flexibility index (Phi) is 7.57. The normalized spacial score (nSPS) is 12.0. The molecule has 0 saturated heterocycles. The Morgan fingerprint density at radius 3 is 1.27 bits per heavy atom. The van der Waals surface area contributed by atoms with E-state index in [1.54, 1.807) is 0 Å². The van der Waals surface area contributed by atoms with Crippen molar-refractivity contribution in [1.82, 2.24) is 0 Å². The highest BCUT2D eigenvalue weighted by Gasteiger charge is 2.50. The molecule has 0 unspecified atom stereocenters. The molecule has 0 heterocycles. The van der Waals surface area contributed by atoms with Crippen molar-refractivity contribution in [3.63, 3.8) is 0 Å². The Morgan fingerprint density at radius 1 is 1.18 bits per heavy atom. The molecule has 0 saturated carbocycles.